The molecule has 0 fully saturated rings. The van der Waals surface area contributed by atoms with Crippen LogP contribution in [0.2, 0.25) is 0 Å². The van der Waals surface area contributed by atoms with Crippen molar-refractivity contribution in [2.75, 3.05) is 5.75 Å². The molecule has 138 valence electrons. The lowest BCUT2D eigenvalue weighted by molar-refractivity contribution is -0.0498. The number of nitrogens with one attached hydrogen (secondary N) is 2. The summed E-state index contributed by atoms with van der Waals surface area (Å²) in [5, 5.41) is 5.57. The molecule has 0 spiro atoms. The number of hydrogen-bond acceptors (Lipinski definition) is 3. The molecule has 8 heteroatoms. The first-order valence-electron chi connectivity index (χ1n) is 8.01. The standard InChI is InChI=1S/C18H17F3N2O2S/c19-12-3-6-16-14(9-12)15(7-8-26-16)23-18(24)22-10-11-1-4-13(5-2-11)25-17(20)21/h1-6,9,15,17H,7-8,10H2,(H2,22,23,24). The van der Waals surface area contributed by atoms with E-state index >= 15 is 0 Å². The van der Waals surface area contributed by atoms with Gasteiger partial charge in [0.25, 0.3) is 0 Å². The first kappa shape index (κ1) is 18.4. The molecular formula is C18H17F3N2O2S. The molecule has 0 bridgehead atoms. The van der Waals surface area contributed by atoms with Crippen LogP contribution in [0.3, 0.4) is 0 Å². The summed E-state index contributed by atoms with van der Waals surface area (Å²) in [6, 6.07) is 10.00. The number of thioether (sulfide) groups is 1. The largest absolute Gasteiger partial charge is 0.435 e. The predicted molar refractivity (Wildman–Crippen MR) is 92.9 cm³/mol. The van der Waals surface area contributed by atoms with Crippen LogP contribution in [0.15, 0.2) is 47.4 Å². The van der Waals surface area contributed by atoms with E-state index in [1.807, 2.05) is 0 Å². The summed E-state index contributed by atoms with van der Waals surface area (Å²) in [4.78, 5) is 13.1. The maximum atomic E-state index is 13.5. The van der Waals surface area contributed by atoms with Crippen molar-refractivity contribution in [2.45, 2.75) is 30.5 Å². The van der Waals surface area contributed by atoms with Gasteiger partial charge < -0.3 is 15.4 Å². The monoisotopic (exact) mass is 382 g/mol. The maximum Gasteiger partial charge on any atom is 0.387 e. The van der Waals surface area contributed by atoms with Crippen LogP contribution in [0.4, 0.5) is 18.0 Å². The van der Waals surface area contributed by atoms with Gasteiger partial charge in [0.05, 0.1) is 6.04 Å². The van der Waals surface area contributed by atoms with E-state index < -0.39 is 6.61 Å². The van der Waals surface area contributed by atoms with Crippen molar-refractivity contribution < 1.29 is 22.7 Å². The van der Waals surface area contributed by atoms with Gasteiger partial charge in [-0.1, -0.05) is 12.1 Å². The van der Waals surface area contributed by atoms with Gasteiger partial charge >= 0.3 is 12.6 Å². The molecule has 0 radical (unpaired) electrons. The zero-order chi connectivity index (χ0) is 18.5. The number of halogens is 3. The first-order valence-corrected chi connectivity index (χ1v) is 9.00. The number of hydrogen-bond donors (Lipinski definition) is 2. The van der Waals surface area contributed by atoms with Crippen LogP contribution < -0.4 is 15.4 Å². The highest BCUT2D eigenvalue weighted by molar-refractivity contribution is 7.99. The van der Waals surface area contributed by atoms with Gasteiger partial charge in [-0.25, -0.2) is 9.18 Å². The second kappa shape index (κ2) is 8.35. The van der Waals surface area contributed by atoms with Crippen LogP contribution in [0.5, 0.6) is 5.75 Å². The Balaban J connectivity index is 1.54. The Hall–Kier alpha value is -2.35. The molecule has 1 aliphatic rings. The highest BCUT2D eigenvalue weighted by Gasteiger charge is 2.22. The molecule has 0 saturated carbocycles. The minimum Gasteiger partial charge on any atom is -0.435 e. The lowest BCUT2D eigenvalue weighted by atomic mass is 10.0. The minimum atomic E-state index is -2.87. The number of carbonyl (C=O) groups is 1. The van der Waals surface area contributed by atoms with E-state index in [4.69, 9.17) is 0 Å². The Morgan fingerprint density at radius 2 is 2.00 bits per heavy atom. The number of rotatable bonds is 5. The Labute approximate surface area is 153 Å². The van der Waals surface area contributed by atoms with Gasteiger partial charge in [0.2, 0.25) is 0 Å². The molecule has 3 rings (SSSR count). The van der Waals surface area contributed by atoms with Crippen LogP contribution in [-0.2, 0) is 6.54 Å². The van der Waals surface area contributed by atoms with Crippen LogP contribution in [0.1, 0.15) is 23.6 Å². The van der Waals surface area contributed by atoms with Crippen LogP contribution in [-0.4, -0.2) is 18.4 Å². The average molecular weight is 382 g/mol. The minimum absolute atomic E-state index is 0.0616. The van der Waals surface area contributed by atoms with E-state index in [1.54, 1.807) is 30.0 Å². The molecule has 1 heterocycles. The summed E-state index contributed by atoms with van der Waals surface area (Å²) in [6.07, 6.45) is 0.716. The third-order valence-electron chi connectivity index (χ3n) is 3.92. The summed E-state index contributed by atoms with van der Waals surface area (Å²) in [7, 11) is 0. The highest BCUT2D eigenvalue weighted by Crippen LogP contribution is 2.36. The van der Waals surface area contributed by atoms with Gasteiger partial charge in [0.1, 0.15) is 11.6 Å². The highest BCUT2D eigenvalue weighted by atomic mass is 32.2. The molecule has 26 heavy (non-hydrogen) atoms. The Kier molecular flexibility index (Phi) is 5.92. The smallest absolute Gasteiger partial charge is 0.387 e. The molecule has 0 aromatic heterocycles. The van der Waals surface area contributed by atoms with Gasteiger partial charge in [-0.2, -0.15) is 8.78 Å². The number of fused-ring (bicyclic) bond motifs is 1. The van der Waals surface area contributed by atoms with E-state index in [2.05, 4.69) is 15.4 Å². The zero-order valence-electron chi connectivity index (χ0n) is 13.7. The molecule has 1 unspecified atom stereocenters. The fourth-order valence-corrected chi connectivity index (χ4v) is 3.80. The maximum absolute atomic E-state index is 13.5. The van der Waals surface area contributed by atoms with Gasteiger partial charge in [0, 0.05) is 17.2 Å². The van der Waals surface area contributed by atoms with Crippen molar-refractivity contribution in [1.82, 2.24) is 10.6 Å². The van der Waals surface area contributed by atoms with E-state index in [1.165, 1.54) is 24.3 Å². The molecule has 2 aromatic rings. The molecular weight excluding hydrogens is 365 g/mol. The van der Waals surface area contributed by atoms with Crippen molar-refractivity contribution in [3.63, 3.8) is 0 Å². The second-order valence-corrected chi connectivity index (χ2v) is 6.86. The number of ether oxygens (including phenoxy) is 1. The molecule has 2 N–H and O–H groups in total. The van der Waals surface area contributed by atoms with Crippen molar-refractivity contribution in [3.05, 3.63) is 59.4 Å². The topological polar surface area (TPSA) is 50.4 Å². The molecule has 2 aromatic carbocycles. The van der Waals surface area contributed by atoms with Gasteiger partial charge in [-0.15, -0.1) is 11.8 Å². The molecule has 4 nitrogen and oxygen atoms in total. The van der Waals surface area contributed by atoms with Crippen LogP contribution in [0, 0.1) is 5.82 Å². The van der Waals surface area contributed by atoms with Crippen molar-refractivity contribution in [2.24, 2.45) is 0 Å². The quantitative estimate of drug-likeness (QED) is 0.803. The Bertz CT molecular complexity index is 772. The number of urea groups is 1. The lowest BCUT2D eigenvalue weighted by Gasteiger charge is -2.26. The third-order valence-corrected chi connectivity index (χ3v) is 5.04. The number of alkyl halides is 2. The lowest BCUT2D eigenvalue weighted by Crippen LogP contribution is -2.38. The van der Waals surface area contributed by atoms with E-state index in [0.717, 1.165) is 21.8 Å². The van der Waals surface area contributed by atoms with Crippen LogP contribution in [0.25, 0.3) is 0 Å². The van der Waals surface area contributed by atoms with E-state index in [-0.39, 0.29) is 30.2 Å². The summed E-state index contributed by atoms with van der Waals surface area (Å²) >= 11 is 1.64. The second-order valence-electron chi connectivity index (χ2n) is 5.72. The fourth-order valence-electron chi connectivity index (χ4n) is 2.70. The van der Waals surface area contributed by atoms with E-state index in [9.17, 15) is 18.0 Å². The zero-order valence-corrected chi connectivity index (χ0v) is 14.5. The van der Waals surface area contributed by atoms with Crippen molar-refractivity contribution >= 4 is 17.8 Å². The normalized spacial score (nSPS) is 16.1. The van der Waals surface area contributed by atoms with Gasteiger partial charge in [-0.3, -0.25) is 0 Å². The predicted octanol–water partition coefficient (Wildman–Crippen LogP) is 4.46. The summed E-state index contributed by atoms with van der Waals surface area (Å²) in [5.41, 5.74) is 1.53. The molecule has 0 aliphatic carbocycles. The fraction of sp³-hybridized carbons (Fsp3) is 0.278. The SMILES string of the molecule is O=C(NCc1ccc(OC(F)F)cc1)NC1CCSc2ccc(F)cc21. The van der Waals surface area contributed by atoms with Crippen LogP contribution >= 0.6 is 11.8 Å². The number of amides is 2. The van der Waals surface area contributed by atoms with E-state index in [0.29, 0.717) is 6.42 Å². The number of carbonyl (C=O) groups excluding carboxylic acids is 1. The Morgan fingerprint density at radius 1 is 1.23 bits per heavy atom. The third kappa shape index (κ3) is 4.85. The molecule has 0 saturated heterocycles. The molecule has 1 atom stereocenters. The average Bonchev–Trinajstić information content (AvgIpc) is 2.61. The summed E-state index contributed by atoms with van der Waals surface area (Å²) in [5.74, 6) is 0.575. The molecule has 2 amide bonds. The summed E-state index contributed by atoms with van der Waals surface area (Å²) in [6.45, 7) is -2.63. The Morgan fingerprint density at radius 3 is 2.73 bits per heavy atom. The van der Waals surface area contributed by atoms with Crippen molar-refractivity contribution in [1.29, 1.82) is 0 Å². The first-order chi connectivity index (χ1) is 12.5. The summed E-state index contributed by atoms with van der Waals surface area (Å²) < 4.78 is 42.0. The van der Waals surface area contributed by atoms with Gasteiger partial charge in [-0.05, 0) is 47.9 Å². The molecule has 1 aliphatic heterocycles. The van der Waals surface area contributed by atoms with Crippen molar-refractivity contribution in [3.8, 4) is 5.75 Å². The van der Waals surface area contributed by atoms with Gasteiger partial charge in [0.15, 0.2) is 0 Å². The number of benzene rings is 2.